The van der Waals surface area contributed by atoms with Crippen LogP contribution in [0.15, 0.2) is 58.7 Å². The highest BCUT2D eigenvalue weighted by Crippen LogP contribution is 2.90. The van der Waals surface area contributed by atoms with Crippen LogP contribution in [0, 0.1) is 10.8 Å². The molecular weight excluding hydrogens is 408 g/mol. The first-order chi connectivity index (χ1) is 16.6. The molecule has 2 spiro atoms. The molecule has 3 saturated carbocycles. The maximum atomic E-state index is 2.47. The van der Waals surface area contributed by atoms with Gasteiger partial charge in [0.1, 0.15) is 0 Å². The summed E-state index contributed by atoms with van der Waals surface area (Å²) < 4.78 is 0. The Hall–Kier alpha value is -2.60. The molecule has 3 fully saturated rings. The molecule has 168 valence electrons. The fraction of sp³-hybridized carbons (Fsp3) is 0.412. The highest BCUT2D eigenvalue weighted by molar-refractivity contribution is 5.97. The summed E-state index contributed by atoms with van der Waals surface area (Å²) in [4.78, 5) is 0. The molecule has 0 nitrogen and oxygen atoms in total. The van der Waals surface area contributed by atoms with Gasteiger partial charge in [-0.05, 0) is 122 Å². The van der Waals surface area contributed by atoms with Crippen molar-refractivity contribution in [3.8, 4) is 0 Å². The van der Waals surface area contributed by atoms with Crippen LogP contribution in [0.2, 0.25) is 0 Å². The van der Waals surface area contributed by atoms with Gasteiger partial charge in [0.05, 0.1) is 0 Å². The Labute approximate surface area is 203 Å². The van der Waals surface area contributed by atoms with Gasteiger partial charge in [-0.25, -0.2) is 0 Å². The Morgan fingerprint density at radius 2 is 0.794 bits per heavy atom. The molecule has 34 heavy (non-hydrogen) atoms. The Balaban J connectivity index is 1.57. The number of allylic oxidation sites excluding steroid dienone is 8. The number of hydrogen-bond donors (Lipinski definition) is 0. The van der Waals surface area contributed by atoms with E-state index < -0.39 is 0 Å². The lowest BCUT2D eigenvalue weighted by molar-refractivity contribution is -0.0325. The molecule has 2 aromatic rings. The zero-order chi connectivity index (χ0) is 22.7. The van der Waals surface area contributed by atoms with Crippen molar-refractivity contribution in [2.45, 2.75) is 78.1 Å². The van der Waals surface area contributed by atoms with Gasteiger partial charge in [-0.15, -0.1) is 0 Å². The SMILES string of the molecule is CC1=C2CCCC3=C(C)c4cccc5c4C4C23C2c3c1cccc3C(C)=C1CCCC(=C5C)C124. The molecule has 0 amide bonds. The third-order valence-electron chi connectivity index (χ3n) is 11.7. The van der Waals surface area contributed by atoms with Crippen LogP contribution in [0.25, 0.3) is 22.3 Å². The summed E-state index contributed by atoms with van der Waals surface area (Å²) in [6.45, 7) is 9.89. The van der Waals surface area contributed by atoms with Crippen LogP contribution in [0.4, 0.5) is 0 Å². The van der Waals surface area contributed by atoms with E-state index in [0.29, 0.717) is 11.8 Å². The molecule has 9 rings (SSSR count). The quantitative estimate of drug-likeness (QED) is 0.383. The van der Waals surface area contributed by atoms with E-state index in [9.17, 15) is 0 Å². The molecule has 7 aliphatic carbocycles. The normalized spacial score (nSPS) is 35.3. The van der Waals surface area contributed by atoms with E-state index in [1.807, 2.05) is 22.3 Å². The number of benzene rings is 2. The van der Waals surface area contributed by atoms with Gasteiger partial charge in [0.25, 0.3) is 0 Å². The maximum absolute atomic E-state index is 2.47. The van der Waals surface area contributed by atoms with Crippen molar-refractivity contribution in [1.82, 2.24) is 0 Å². The molecule has 7 aliphatic rings. The minimum atomic E-state index is 0.230. The van der Waals surface area contributed by atoms with Crippen molar-refractivity contribution in [2.24, 2.45) is 10.8 Å². The molecule has 0 heterocycles. The van der Waals surface area contributed by atoms with Crippen LogP contribution in [-0.4, -0.2) is 0 Å². The van der Waals surface area contributed by atoms with E-state index in [1.165, 1.54) is 38.5 Å². The first kappa shape index (κ1) is 18.7. The molecule has 0 aromatic heterocycles. The van der Waals surface area contributed by atoms with Crippen molar-refractivity contribution in [2.75, 3.05) is 0 Å². The van der Waals surface area contributed by atoms with Crippen molar-refractivity contribution in [3.05, 3.63) is 92.1 Å². The van der Waals surface area contributed by atoms with Crippen LogP contribution >= 0.6 is 0 Å². The van der Waals surface area contributed by atoms with Crippen LogP contribution < -0.4 is 0 Å². The Morgan fingerprint density at radius 1 is 0.500 bits per heavy atom. The molecule has 0 unspecified atom stereocenters. The monoisotopic (exact) mass is 440 g/mol. The summed E-state index contributed by atoms with van der Waals surface area (Å²) in [7, 11) is 0. The Bertz CT molecular complexity index is 1320. The summed E-state index contributed by atoms with van der Waals surface area (Å²) >= 11 is 0. The molecule has 0 atom stereocenters. The predicted octanol–water partition coefficient (Wildman–Crippen LogP) is 9.06. The first-order valence-corrected chi connectivity index (χ1v) is 13.6. The summed E-state index contributed by atoms with van der Waals surface area (Å²) in [5.74, 6) is 1.23. The van der Waals surface area contributed by atoms with Crippen molar-refractivity contribution in [3.63, 3.8) is 0 Å². The van der Waals surface area contributed by atoms with Gasteiger partial charge < -0.3 is 0 Å². The minimum absolute atomic E-state index is 0.230. The molecule has 0 aliphatic heterocycles. The van der Waals surface area contributed by atoms with Crippen LogP contribution in [0.5, 0.6) is 0 Å². The zero-order valence-corrected chi connectivity index (χ0v) is 20.9. The largest absolute Gasteiger partial charge is 0.0610 e. The summed E-state index contributed by atoms with van der Waals surface area (Å²) in [5.41, 5.74) is 24.0. The van der Waals surface area contributed by atoms with Gasteiger partial charge in [-0.3, -0.25) is 0 Å². The molecule has 0 heteroatoms. The average molecular weight is 441 g/mol. The van der Waals surface area contributed by atoms with Gasteiger partial charge in [0, 0.05) is 22.7 Å². The van der Waals surface area contributed by atoms with Gasteiger partial charge >= 0.3 is 0 Å². The Kier molecular flexibility index (Phi) is 3.00. The number of rotatable bonds is 0. The molecule has 0 bridgehead atoms. The molecule has 0 N–H and O–H groups in total. The van der Waals surface area contributed by atoms with Gasteiger partial charge in [-0.1, -0.05) is 58.7 Å². The average Bonchev–Trinajstić information content (AvgIpc) is 2.86. The van der Waals surface area contributed by atoms with Crippen molar-refractivity contribution in [1.29, 1.82) is 0 Å². The van der Waals surface area contributed by atoms with Crippen molar-refractivity contribution < 1.29 is 0 Å². The third-order valence-corrected chi connectivity index (χ3v) is 11.7. The second kappa shape index (κ2) is 5.46. The molecule has 0 saturated heterocycles. The zero-order valence-electron chi connectivity index (χ0n) is 20.9. The van der Waals surface area contributed by atoms with Gasteiger partial charge in [0.2, 0.25) is 0 Å². The van der Waals surface area contributed by atoms with E-state index in [0.717, 1.165) is 0 Å². The van der Waals surface area contributed by atoms with E-state index in [1.54, 1.807) is 55.7 Å². The summed E-state index contributed by atoms with van der Waals surface area (Å²) in [5, 5.41) is 0. The lowest BCUT2D eigenvalue weighted by Crippen LogP contribution is -2.69. The summed E-state index contributed by atoms with van der Waals surface area (Å²) in [6.07, 6.45) is 7.82. The van der Waals surface area contributed by atoms with E-state index in [4.69, 9.17) is 0 Å². The van der Waals surface area contributed by atoms with Crippen LogP contribution in [0.1, 0.15) is 111 Å². The second-order valence-electron chi connectivity index (χ2n) is 12.3. The summed E-state index contributed by atoms with van der Waals surface area (Å²) in [6, 6.07) is 14.5. The lowest BCUT2D eigenvalue weighted by Gasteiger charge is -2.79. The molecule has 2 aromatic carbocycles. The fourth-order valence-corrected chi connectivity index (χ4v) is 11.0. The van der Waals surface area contributed by atoms with Gasteiger partial charge in [0.15, 0.2) is 0 Å². The molecular formula is C34H32. The number of hydrogen-bond acceptors (Lipinski definition) is 0. The first-order valence-electron chi connectivity index (χ1n) is 13.6. The van der Waals surface area contributed by atoms with E-state index in [-0.39, 0.29) is 10.8 Å². The van der Waals surface area contributed by atoms with Gasteiger partial charge in [-0.2, -0.15) is 0 Å². The maximum Gasteiger partial charge on any atom is 0.0294 e. The van der Waals surface area contributed by atoms with E-state index in [2.05, 4.69) is 64.1 Å². The standard InChI is InChI=1S/C34H32/c1-17-21-9-5-10-22-18(2)27-15-8-16-28-20(4)24-12-6-11-23-19(3)26-14-7-13-25(17)33(26)31(29(21)22)34(27,28)32(33)30(23)24/h5-6,9-12,31-32H,7-8,13-16H2,1-4H3. The van der Waals surface area contributed by atoms with Crippen molar-refractivity contribution >= 4 is 22.3 Å². The highest BCUT2D eigenvalue weighted by atomic mass is 14.8. The van der Waals surface area contributed by atoms with Crippen LogP contribution in [-0.2, 0) is 0 Å². The minimum Gasteiger partial charge on any atom is -0.0610 e. The predicted molar refractivity (Wildman–Crippen MR) is 141 cm³/mol. The lowest BCUT2D eigenvalue weighted by atomic mass is 9.22. The third kappa shape index (κ3) is 1.51. The Morgan fingerprint density at radius 3 is 1.09 bits per heavy atom. The highest BCUT2D eigenvalue weighted by Gasteiger charge is 2.80. The topological polar surface area (TPSA) is 0 Å². The molecule has 0 radical (unpaired) electrons. The second-order valence-corrected chi connectivity index (χ2v) is 12.3. The fourth-order valence-electron chi connectivity index (χ4n) is 11.0. The smallest absolute Gasteiger partial charge is 0.0294 e. The van der Waals surface area contributed by atoms with Crippen LogP contribution in [0.3, 0.4) is 0 Å². The van der Waals surface area contributed by atoms with E-state index >= 15 is 0 Å².